The molecule has 0 fully saturated rings. The first-order valence-corrected chi connectivity index (χ1v) is 8.07. The summed E-state index contributed by atoms with van der Waals surface area (Å²) >= 11 is 0. The summed E-state index contributed by atoms with van der Waals surface area (Å²) in [7, 11) is 0. The Labute approximate surface area is 142 Å². The predicted molar refractivity (Wildman–Crippen MR) is 97.4 cm³/mol. The highest BCUT2D eigenvalue weighted by Gasteiger charge is 2.03. The van der Waals surface area contributed by atoms with Gasteiger partial charge in [-0.05, 0) is 42.7 Å². The molecule has 0 spiro atoms. The van der Waals surface area contributed by atoms with Crippen molar-refractivity contribution in [2.45, 2.75) is 26.8 Å². The van der Waals surface area contributed by atoms with Crippen LogP contribution >= 0.6 is 0 Å². The largest absolute Gasteiger partial charge is 0.366 e. The minimum absolute atomic E-state index is 0.676. The van der Waals surface area contributed by atoms with E-state index in [2.05, 4.69) is 56.8 Å². The van der Waals surface area contributed by atoms with Crippen LogP contribution in [0.3, 0.4) is 0 Å². The van der Waals surface area contributed by atoms with Crippen molar-refractivity contribution in [1.29, 1.82) is 0 Å². The maximum atomic E-state index is 4.45. The summed E-state index contributed by atoms with van der Waals surface area (Å²) in [4.78, 5) is 13.0. The first-order valence-electron chi connectivity index (χ1n) is 8.07. The van der Waals surface area contributed by atoms with Crippen LogP contribution in [0.15, 0.2) is 54.9 Å². The van der Waals surface area contributed by atoms with Crippen molar-refractivity contribution in [2.75, 3.05) is 10.6 Å². The molecule has 0 atom stereocenters. The Morgan fingerprint density at radius 2 is 1.75 bits per heavy atom. The first kappa shape index (κ1) is 15.9. The Bertz CT molecular complexity index is 785. The van der Waals surface area contributed by atoms with Crippen LogP contribution < -0.4 is 10.6 Å². The van der Waals surface area contributed by atoms with E-state index < -0.39 is 0 Å². The lowest BCUT2D eigenvalue weighted by molar-refractivity contribution is 1.02. The summed E-state index contributed by atoms with van der Waals surface area (Å²) in [5.74, 6) is 2.29. The molecule has 0 radical (unpaired) electrons. The van der Waals surface area contributed by atoms with Gasteiger partial charge in [0, 0.05) is 30.7 Å². The van der Waals surface area contributed by atoms with Crippen molar-refractivity contribution in [2.24, 2.45) is 0 Å². The molecule has 0 bridgehead atoms. The number of aromatic nitrogens is 3. The van der Waals surface area contributed by atoms with Gasteiger partial charge in [0.1, 0.15) is 17.5 Å². The van der Waals surface area contributed by atoms with Crippen molar-refractivity contribution in [3.05, 3.63) is 71.8 Å². The molecule has 2 aromatic heterocycles. The highest BCUT2D eigenvalue weighted by atomic mass is 15.1. The molecule has 1 aromatic carbocycles. The molecule has 5 heteroatoms. The van der Waals surface area contributed by atoms with E-state index in [-0.39, 0.29) is 0 Å². The number of hydrogen-bond donors (Lipinski definition) is 2. The lowest BCUT2D eigenvalue weighted by Gasteiger charge is -2.10. The minimum atomic E-state index is 0.676. The number of nitrogens with one attached hydrogen (secondary N) is 2. The monoisotopic (exact) mass is 319 g/mol. The third-order valence-electron chi connectivity index (χ3n) is 3.67. The van der Waals surface area contributed by atoms with E-state index >= 15 is 0 Å². The zero-order valence-corrected chi connectivity index (χ0v) is 14.0. The molecule has 122 valence electrons. The molecule has 5 nitrogen and oxygen atoms in total. The summed E-state index contributed by atoms with van der Waals surface area (Å²) in [6.07, 6.45) is 4.65. The molecule has 3 aromatic rings. The molecule has 0 amide bonds. The third-order valence-corrected chi connectivity index (χ3v) is 3.67. The van der Waals surface area contributed by atoms with Gasteiger partial charge >= 0.3 is 0 Å². The average molecular weight is 319 g/mol. The van der Waals surface area contributed by atoms with Crippen molar-refractivity contribution < 1.29 is 0 Å². The summed E-state index contributed by atoms with van der Waals surface area (Å²) in [5.41, 5.74) is 3.44. The van der Waals surface area contributed by atoms with E-state index in [4.69, 9.17) is 0 Å². The first-order chi connectivity index (χ1) is 11.7. The third kappa shape index (κ3) is 4.29. The van der Waals surface area contributed by atoms with Crippen LogP contribution in [-0.2, 0) is 13.0 Å². The molecule has 0 aliphatic rings. The second kappa shape index (κ2) is 7.55. The molecule has 0 unspecified atom stereocenters. The highest BCUT2D eigenvalue weighted by Crippen LogP contribution is 2.18. The van der Waals surface area contributed by atoms with E-state index in [0.717, 1.165) is 35.1 Å². The smallest absolute Gasteiger partial charge is 0.136 e. The molecule has 24 heavy (non-hydrogen) atoms. The van der Waals surface area contributed by atoms with Crippen molar-refractivity contribution >= 4 is 17.3 Å². The van der Waals surface area contributed by atoms with Gasteiger partial charge in [-0.25, -0.2) is 9.97 Å². The van der Waals surface area contributed by atoms with Gasteiger partial charge in [-0.3, -0.25) is 4.98 Å². The molecule has 0 aliphatic heterocycles. The summed E-state index contributed by atoms with van der Waals surface area (Å²) in [5, 5.41) is 6.65. The van der Waals surface area contributed by atoms with Gasteiger partial charge < -0.3 is 10.6 Å². The van der Waals surface area contributed by atoms with Crippen molar-refractivity contribution in [1.82, 2.24) is 15.0 Å². The van der Waals surface area contributed by atoms with E-state index in [1.807, 2.05) is 31.3 Å². The Kier molecular flexibility index (Phi) is 5.01. The fourth-order valence-electron chi connectivity index (χ4n) is 2.39. The lowest BCUT2D eigenvalue weighted by atomic mass is 10.1. The number of rotatable bonds is 6. The highest BCUT2D eigenvalue weighted by molar-refractivity contribution is 5.59. The Morgan fingerprint density at radius 1 is 0.958 bits per heavy atom. The number of pyridine rings is 1. The molecule has 2 heterocycles. The Hall–Kier alpha value is -2.95. The zero-order chi connectivity index (χ0) is 16.8. The van der Waals surface area contributed by atoms with Crippen molar-refractivity contribution in [3.8, 4) is 0 Å². The maximum absolute atomic E-state index is 4.45. The van der Waals surface area contributed by atoms with E-state index in [0.29, 0.717) is 6.54 Å². The molecule has 0 aliphatic carbocycles. The van der Waals surface area contributed by atoms with Crippen LogP contribution in [0, 0.1) is 6.92 Å². The standard InChI is InChI=1S/C19H21N5/c1-3-15-6-8-17(9-7-15)24-19-11-18(22-14(2)23-19)21-13-16-5-4-10-20-12-16/h4-12H,3,13H2,1-2H3,(H2,21,22,23,24). The van der Waals surface area contributed by atoms with Gasteiger partial charge in [0.2, 0.25) is 0 Å². The van der Waals surface area contributed by atoms with Crippen LogP contribution in [0.25, 0.3) is 0 Å². The van der Waals surface area contributed by atoms with Gasteiger partial charge in [0.25, 0.3) is 0 Å². The maximum Gasteiger partial charge on any atom is 0.136 e. The quantitative estimate of drug-likeness (QED) is 0.716. The molecule has 3 rings (SSSR count). The van der Waals surface area contributed by atoms with Gasteiger partial charge in [-0.15, -0.1) is 0 Å². The Morgan fingerprint density at radius 3 is 2.46 bits per heavy atom. The molecule has 0 saturated heterocycles. The topological polar surface area (TPSA) is 62.7 Å². The van der Waals surface area contributed by atoms with Gasteiger partial charge in [0.15, 0.2) is 0 Å². The summed E-state index contributed by atoms with van der Waals surface area (Å²) < 4.78 is 0. The van der Waals surface area contributed by atoms with Gasteiger partial charge in [0.05, 0.1) is 0 Å². The van der Waals surface area contributed by atoms with E-state index in [1.54, 1.807) is 6.20 Å². The molecular formula is C19H21N5. The second-order valence-corrected chi connectivity index (χ2v) is 5.58. The van der Waals surface area contributed by atoms with Gasteiger partial charge in [-0.1, -0.05) is 25.1 Å². The van der Waals surface area contributed by atoms with Crippen molar-refractivity contribution in [3.63, 3.8) is 0 Å². The average Bonchev–Trinajstić information content (AvgIpc) is 2.61. The summed E-state index contributed by atoms with van der Waals surface area (Å²) in [6.45, 7) is 4.71. The number of benzene rings is 1. The van der Waals surface area contributed by atoms with Gasteiger partial charge in [-0.2, -0.15) is 0 Å². The lowest BCUT2D eigenvalue weighted by Crippen LogP contribution is -2.05. The van der Waals surface area contributed by atoms with Crippen LogP contribution in [0.5, 0.6) is 0 Å². The van der Waals surface area contributed by atoms with Crippen LogP contribution in [0.2, 0.25) is 0 Å². The Balaban J connectivity index is 1.70. The van der Waals surface area contributed by atoms with Crippen LogP contribution in [-0.4, -0.2) is 15.0 Å². The molecule has 2 N–H and O–H groups in total. The fraction of sp³-hybridized carbons (Fsp3) is 0.211. The SMILES string of the molecule is CCc1ccc(Nc2cc(NCc3cccnc3)nc(C)n2)cc1. The minimum Gasteiger partial charge on any atom is -0.366 e. The summed E-state index contributed by atoms with van der Waals surface area (Å²) in [6, 6.07) is 14.3. The zero-order valence-electron chi connectivity index (χ0n) is 14.0. The van der Waals surface area contributed by atoms with E-state index in [9.17, 15) is 0 Å². The van der Waals surface area contributed by atoms with Crippen LogP contribution in [0.4, 0.5) is 17.3 Å². The number of nitrogens with zero attached hydrogens (tertiary/aromatic N) is 3. The van der Waals surface area contributed by atoms with Crippen LogP contribution in [0.1, 0.15) is 23.9 Å². The number of hydrogen-bond acceptors (Lipinski definition) is 5. The number of anilines is 3. The second-order valence-electron chi connectivity index (χ2n) is 5.58. The van der Waals surface area contributed by atoms with E-state index in [1.165, 1.54) is 5.56 Å². The predicted octanol–water partition coefficient (Wildman–Crippen LogP) is 4.10. The fourth-order valence-corrected chi connectivity index (χ4v) is 2.39. The normalized spacial score (nSPS) is 10.4. The number of aryl methyl sites for hydroxylation is 2. The molecule has 0 saturated carbocycles. The molecular weight excluding hydrogens is 298 g/mol.